The van der Waals surface area contributed by atoms with Gasteiger partial charge in [0.25, 0.3) is 0 Å². The summed E-state index contributed by atoms with van der Waals surface area (Å²) in [6.45, 7) is 0. The van der Waals surface area contributed by atoms with E-state index in [1.807, 2.05) is 55.6 Å². The average molecular weight is 510 g/mol. The Morgan fingerprint density at radius 1 is 0.758 bits per heavy atom. The maximum Gasteiger partial charge on any atom is 0.157 e. The van der Waals surface area contributed by atoms with E-state index in [0.29, 0.717) is 22.9 Å². The van der Waals surface area contributed by atoms with Crippen LogP contribution in [0, 0.1) is 0 Å². The normalized spacial score (nSPS) is 25.3. The zero-order valence-corrected chi connectivity index (χ0v) is 21.2. The predicted octanol–water partition coefficient (Wildman–Crippen LogP) is 6.36. The van der Waals surface area contributed by atoms with Crippen LogP contribution in [0.2, 0.25) is 10.0 Å². The number of nitrogens with one attached hydrogen (secondary N) is 2. The summed E-state index contributed by atoms with van der Waals surface area (Å²) >= 11 is 18.2. The average Bonchev–Trinajstić information content (AvgIpc) is 2.83. The van der Waals surface area contributed by atoms with E-state index in [-0.39, 0.29) is 17.6 Å². The smallest absolute Gasteiger partial charge is 0.157 e. The number of carbonyl (C=O) groups is 2. The molecule has 2 N–H and O–H groups in total. The van der Waals surface area contributed by atoms with Crippen LogP contribution in [0.3, 0.4) is 0 Å². The lowest BCUT2D eigenvalue weighted by molar-refractivity contribution is -0.128. The summed E-state index contributed by atoms with van der Waals surface area (Å²) < 4.78 is 0. The number of Topliss-reactive ketones (excluding diaryl/α,β-unsaturated/α-hetero) is 2. The van der Waals surface area contributed by atoms with E-state index >= 15 is 0 Å². The molecule has 0 spiro atoms. The first-order chi connectivity index (χ1) is 15.9. The summed E-state index contributed by atoms with van der Waals surface area (Å²) in [5.74, 6) is 0.451. The van der Waals surface area contributed by atoms with Crippen LogP contribution in [-0.4, -0.2) is 24.6 Å². The Balaban J connectivity index is 0.000000186. The Bertz CT molecular complexity index is 980. The molecule has 178 valence electrons. The van der Waals surface area contributed by atoms with Gasteiger partial charge in [0.05, 0.1) is 6.00 Å². The predicted molar refractivity (Wildman–Crippen MR) is 136 cm³/mol. The van der Waals surface area contributed by atoms with E-state index in [4.69, 9.17) is 34.8 Å². The summed E-state index contributed by atoms with van der Waals surface area (Å²) in [5.41, 5.74) is 0.533. The molecule has 2 aliphatic rings. The van der Waals surface area contributed by atoms with Crippen molar-refractivity contribution in [1.29, 1.82) is 0 Å². The van der Waals surface area contributed by atoms with E-state index in [0.717, 1.165) is 49.7 Å². The summed E-state index contributed by atoms with van der Waals surface area (Å²) in [5, 5.41) is 7.63. The van der Waals surface area contributed by atoms with E-state index < -0.39 is 11.1 Å². The molecule has 4 nitrogen and oxygen atoms in total. The molecule has 2 unspecified atom stereocenters. The number of alkyl halides is 1. The quantitative estimate of drug-likeness (QED) is 0.363. The maximum absolute atomic E-state index is 12.3. The highest BCUT2D eigenvalue weighted by atomic mass is 35.5. The van der Waals surface area contributed by atoms with Gasteiger partial charge in [-0.2, -0.15) is 0 Å². The van der Waals surface area contributed by atoms with Gasteiger partial charge in [-0.05, 0) is 56.0 Å². The number of ketones is 2. The van der Waals surface area contributed by atoms with Gasteiger partial charge in [-0.15, -0.1) is 11.6 Å². The van der Waals surface area contributed by atoms with Crippen molar-refractivity contribution in [1.82, 2.24) is 10.6 Å². The van der Waals surface area contributed by atoms with Gasteiger partial charge in [-0.3, -0.25) is 14.9 Å². The monoisotopic (exact) mass is 508 g/mol. The molecule has 0 bridgehead atoms. The zero-order chi connectivity index (χ0) is 23.9. The van der Waals surface area contributed by atoms with Crippen LogP contribution < -0.4 is 10.6 Å². The van der Waals surface area contributed by atoms with Gasteiger partial charge in [0.2, 0.25) is 0 Å². The van der Waals surface area contributed by atoms with Crippen LogP contribution >= 0.6 is 34.8 Å². The van der Waals surface area contributed by atoms with Gasteiger partial charge < -0.3 is 5.32 Å². The highest BCUT2D eigenvalue weighted by molar-refractivity contribution is 6.32. The molecular weight excluding hydrogens is 479 g/mol. The molecule has 0 radical (unpaired) electrons. The number of carbonyl (C=O) groups excluding carboxylic acids is 2. The second-order valence-corrected chi connectivity index (χ2v) is 9.67. The topological polar surface area (TPSA) is 58.2 Å². The summed E-state index contributed by atoms with van der Waals surface area (Å²) in [7, 11) is 1.84. The highest BCUT2D eigenvalue weighted by Crippen LogP contribution is 2.38. The fourth-order valence-electron chi connectivity index (χ4n) is 5.04. The number of hydrogen-bond donors (Lipinski definition) is 2. The van der Waals surface area contributed by atoms with Gasteiger partial charge in [0.15, 0.2) is 11.6 Å². The molecule has 2 saturated carbocycles. The van der Waals surface area contributed by atoms with Crippen molar-refractivity contribution in [3.05, 3.63) is 69.7 Å². The zero-order valence-electron chi connectivity index (χ0n) is 18.9. The van der Waals surface area contributed by atoms with Crippen LogP contribution in [0.15, 0.2) is 48.5 Å². The van der Waals surface area contributed by atoms with Crippen molar-refractivity contribution >= 4 is 46.4 Å². The van der Waals surface area contributed by atoms with Gasteiger partial charge in [0, 0.05) is 22.9 Å². The lowest BCUT2D eigenvalue weighted by Crippen LogP contribution is -2.50. The molecule has 2 aromatic rings. The molecule has 33 heavy (non-hydrogen) atoms. The highest BCUT2D eigenvalue weighted by Gasteiger charge is 2.42. The summed E-state index contributed by atoms with van der Waals surface area (Å²) in [6.07, 6.45) is 6.87. The largest absolute Gasteiger partial charge is 0.304 e. The third-order valence-electron chi connectivity index (χ3n) is 6.83. The molecule has 2 aromatic carbocycles. The first kappa shape index (κ1) is 26.2. The van der Waals surface area contributed by atoms with E-state index in [1.54, 1.807) is 0 Å². The Morgan fingerprint density at radius 3 is 1.64 bits per heavy atom. The van der Waals surface area contributed by atoms with Gasteiger partial charge in [0.1, 0.15) is 11.1 Å². The Labute approximate surface area is 211 Å². The van der Waals surface area contributed by atoms with E-state index in [2.05, 4.69) is 10.6 Å². The lowest BCUT2D eigenvalue weighted by atomic mass is 9.75. The maximum atomic E-state index is 12.3. The van der Waals surface area contributed by atoms with Crippen LogP contribution in [0.5, 0.6) is 0 Å². The first-order valence-corrected chi connectivity index (χ1v) is 12.8. The van der Waals surface area contributed by atoms with Gasteiger partial charge in [-0.25, -0.2) is 0 Å². The van der Waals surface area contributed by atoms with Crippen molar-refractivity contribution < 1.29 is 9.59 Å². The standard InChI is InChI=1S/C13H15Cl2NO.C13H16ClNO/c14-9-16-13(8-4-3-7-12(13)17)10-5-1-2-6-11(10)15;1-15-13(9-5-4-8-12(13)16)10-6-2-3-7-11(10)14/h1-2,5-6,16H,3-4,7-9H2;2-3,6-7,15H,4-5,8-9H2,1H3. The number of benzene rings is 2. The van der Waals surface area contributed by atoms with Crippen LogP contribution in [-0.2, 0) is 20.7 Å². The number of hydrogen-bond acceptors (Lipinski definition) is 4. The Hall–Kier alpha value is -1.43. The summed E-state index contributed by atoms with van der Waals surface area (Å²) in [6, 6.07) is 15.4. The lowest BCUT2D eigenvalue weighted by Gasteiger charge is -2.37. The van der Waals surface area contributed by atoms with Gasteiger partial charge >= 0.3 is 0 Å². The number of likely N-dealkylation sites (N-methyl/N-ethyl adjacent to an activating group) is 1. The SMILES string of the molecule is CNC1(c2ccccc2Cl)CCCCC1=O.O=C1CCCCC1(NCCl)c1ccccc1Cl. The molecule has 0 aliphatic heterocycles. The number of halogens is 3. The molecule has 2 fully saturated rings. The minimum Gasteiger partial charge on any atom is -0.304 e. The Morgan fingerprint density at radius 2 is 1.21 bits per heavy atom. The molecule has 0 heterocycles. The van der Waals surface area contributed by atoms with Crippen LogP contribution in [0.1, 0.15) is 62.5 Å². The summed E-state index contributed by atoms with van der Waals surface area (Å²) in [4.78, 5) is 24.5. The second kappa shape index (κ2) is 11.8. The van der Waals surface area contributed by atoms with Crippen LogP contribution in [0.4, 0.5) is 0 Å². The fourth-order valence-corrected chi connectivity index (χ4v) is 5.86. The minimum atomic E-state index is -0.682. The molecule has 2 atom stereocenters. The third-order valence-corrected chi connectivity index (χ3v) is 7.62. The Kier molecular flexibility index (Phi) is 9.37. The van der Waals surface area contributed by atoms with Crippen molar-refractivity contribution in [3.8, 4) is 0 Å². The van der Waals surface area contributed by atoms with Crippen molar-refractivity contribution in [2.45, 2.75) is 62.4 Å². The third kappa shape index (κ3) is 5.47. The first-order valence-electron chi connectivity index (χ1n) is 11.5. The molecule has 2 aliphatic carbocycles. The van der Waals surface area contributed by atoms with Gasteiger partial charge in [-0.1, -0.05) is 72.4 Å². The molecule has 4 rings (SSSR count). The molecular formula is C26H31Cl3N2O2. The molecule has 7 heteroatoms. The molecule has 0 saturated heterocycles. The van der Waals surface area contributed by atoms with E-state index in [9.17, 15) is 9.59 Å². The minimum absolute atomic E-state index is 0.192. The van der Waals surface area contributed by atoms with Crippen molar-refractivity contribution in [2.24, 2.45) is 0 Å². The fraction of sp³-hybridized carbons (Fsp3) is 0.462. The molecule has 0 aromatic heterocycles. The van der Waals surface area contributed by atoms with Crippen molar-refractivity contribution in [2.75, 3.05) is 13.1 Å². The number of rotatable bonds is 5. The second-order valence-electron chi connectivity index (χ2n) is 8.59. The van der Waals surface area contributed by atoms with E-state index in [1.165, 1.54) is 0 Å². The van der Waals surface area contributed by atoms with Crippen molar-refractivity contribution in [3.63, 3.8) is 0 Å². The van der Waals surface area contributed by atoms with Crippen LogP contribution in [0.25, 0.3) is 0 Å². The molecule has 0 amide bonds.